The maximum atomic E-state index is 14.7. The van der Waals surface area contributed by atoms with Crippen LogP contribution in [0.15, 0.2) is 99.7 Å². The zero-order valence-electron chi connectivity index (χ0n) is 14.4. The number of hydrogen-bond donors (Lipinski definition) is 0. The van der Waals surface area contributed by atoms with Crippen LogP contribution in [0.1, 0.15) is 5.56 Å². The van der Waals surface area contributed by atoms with Crippen molar-refractivity contribution in [1.29, 1.82) is 0 Å². The van der Waals surface area contributed by atoms with Crippen LogP contribution in [0.4, 0.5) is 0 Å². The summed E-state index contributed by atoms with van der Waals surface area (Å²) in [6.07, 6.45) is 0. The topological polar surface area (TPSA) is 65.8 Å². The summed E-state index contributed by atoms with van der Waals surface area (Å²) in [6, 6.07) is 28.7. The van der Waals surface area contributed by atoms with Crippen molar-refractivity contribution < 1.29 is 4.57 Å². The fourth-order valence-corrected chi connectivity index (χ4v) is 7.36. The van der Waals surface area contributed by atoms with Gasteiger partial charge in [0.2, 0.25) is 0 Å². The van der Waals surface area contributed by atoms with E-state index in [0.29, 0.717) is 5.31 Å². The van der Waals surface area contributed by atoms with Gasteiger partial charge in [-0.05, 0) is 33.7 Å². The van der Waals surface area contributed by atoms with Crippen LogP contribution in [0.5, 0.6) is 0 Å². The Morgan fingerprint density at radius 3 is 1.74 bits per heavy atom. The van der Waals surface area contributed by atoms with Crippen molar-refractivity contribution in [3.63, 3.8) is 0 Å². The molecule has 0 radical (unpaired) electrons. The predicted octanol–water partition coefficient (Wildman–Crippen LogP) is 6.11. The Morgan fingerprint density at radius 1 is 0.852 bits per heavy atom. The molecule has 6 heteroatoms. The molecule has 0 unspecified atom stereocenters. The molecule has 0 aromatic heterocycles. The fraction of sp³-hybridized carbons (Fsp3) is 0.0476. The molecule has 0 amide bonds. The van der Waals surface area contributed by atoms with Crippen molar-refractivity contribution in [3.05, 3.63) is 111 Å². The van der Waals surface area contributed by atoms with E-state index >= 15 is 0 Å². The number of hydrogen-bond acceptors (Lipinski definition) is 2. The first-order chi connectivity index (χ1) is 13.2. The van der Waals surface area contributed by atoms with Crippen molar-refractivity contribution in [1.82, 2.24) is 0 Å². The van der Waals surface area contributed by atoms with Crippen LogP contribution in [0, 0.1) is 0 Å². The van der Waals surface area contributed by atoms with E-state index in [1.165, 1.54) is 0 Å². The zero-order valence-corrected chi connectivity index (χ0v) is 17.5. The van der Waals surface area contributed by atoms with Gasteiger partial charge in [0.05, 0.1) is 6.54 Å². The molecule has 3 rings (SSSR count). The third-order valence-electron chi connectivity index (χ3n) is 4.13. The molecule has 0 aliphatic heterocycles. The fourth-order valence-electron chi connectivity index (χ4n) is 2.96. The molecule has 4 nitrogen and oxygen atoms in total. The molecule has 0 bridgehead atoms. The van der Waals surface area contributed by atoms with Gasteiger partial charge in [-0.25, -0.2) is 0 Å². The maximum absolute atomic E-state index is 14.7. The van der Waals surface area contributed by atoms with E-state index in [9.17, 15) is 4.57 Å². The monoisotopic (exact) mass is 485 g/mol. The van der Waals surface area contributed by atoms with Gasteiger partial charge in [0, 0.05) is 24.4 Å². The van der Waals surface area contributed by atoms with Crippen LogP contribution in [0.3, 0.4) is 0 Å². The quantitative estimate of drug-likeness (QED) is 0.137. The average molecular weight is 485 g/mol. The van der Waals surface area contributed by atoms with Crippen LogP contribution >= 0.6 is 29.7 Å². The van der Waals surface area contributed by atoms with Gasteiger partial charge in [-0.1, -0.05) is 96.1 Å². The maximum Gasteiger partial charge on any atom is 0.172 e. The Morgan fingerprint density at radius 2 is 1.30 bits per heavy atom. The Balaban J connectivity index is 2.37. The predicted molar refractivity (Wildman–Crippen MR) is 121 cm³/mol. The molecule has 27 heavy (non-hydrogen) atoms. The molecule has 3 aromatic carbocycles. The van der Waals surface area contributed by atoms with E-state index in [1.807, 2.05) is 91.0 Å². The first kappa shape index (κ1) is 19.4. The van der Waals surface area contributed by atoms with E-state index in [-0.39, 0.29) is 6.54 Å². The van der Waals surface area contributed by atoms with E-state index in [0.717, 1.165) is 19.8 Å². The van der Waals surface area contributed by atoms with E-state index in [4.69, 9.17) is 5.53 Å². The van der Waals surface area contributed by atoms with Gasteiger partial charge >= 0.3 is 0 Å². The zero-order chi connectivity index (χ0) is 19.1. The standard InChI is InChI=1S/C21H17IN3OP/c22-20(16-24-25-23)21(17-10-4-1-5-11-17)27(26,18-12-6-2-7-13-18)19-14-8-3-9-15-19/h1-15H,16H2/b21-20+. The third-order valence-corrected chi connectivity index (χ3v) is 8.65. The molecule has 0 saturated carbocycles. The van der Waals surface area contributed by atoms with Crippen LogP contribution in [-0.4, -0.2) is 6.54 Å². The van der Waals surface area contributed by atoms with E-state index in [1.54, 1.807) is 0 Å². The van der Waals surface area contributed by atoms with Crippen LogP contribution < -0.4 is 10.6 Å². The molecular formula is C21H17IN3OP. The molecule has 0 fully saturated rings. The highest BCUT2D eigenvalue weighted by molar-refractivity contribution is 14.1. The van der Waals surface area contributed by atoms with E-state index in [2.05, 4.69) is 32.6 Å². The van der Waals surface area contributed by atoms with Crippen LogP contribution in [-0.2, 0) is 4.57 Å². The Labute approximate surface area is 172 Å². The summed E-state index contributed by atoms with van der Waals surface area (Å²) in [4.78, 5) is 2.88. The van der Waals surface area contributed by atoms with E-state index < -0.39 is 7.14 Å². The lowest BCUT2D eigenvalue weighted by atomic mass is 10.2. The molecule has 3 aromatic rings. The van der Waals surface area contributed by atoms with Gasteiger partial charge in [0.25, 0.3) is 0 Å². The minimum absolute atomic E-state index is 0.158. The van der Waals surface area contributed by atoms with Crippen LogP contribution in [0.25, 0.3) is 15.8 Å². The SMILES string of the molecule is [N-]=[N+]=NC/C(I)=C(/c1ccccc1)P(=O)(c1ccccc1)c1ccccc1. The summed E-state index contributed by atoms with van der Waals surface area (Å²) in [6.45, 7) is 0.158. The molecule has 0 saturated heterocycles. The second kappa shape index (κ2) is 9.05. The van der Waals surface area contributed by atoms with Crippen molar-refractivity contribution in [2.45, 2.75) is 0 Å². The highest BCUT2D eigenvalue weighted by atomic mass is 127. The minimum atomic E-state index is -3.16. The molecule has 134 valence electrons. The van der Waals surface area contributed by atoms with Gasteiger partial charge in [-0.2, -0.15) is 0 Å². The van der Waals surface area contributed by atoms with Crippen molar-refractivity contribution in [3.8, 4) is 0 Å². The molecule has 0 spiro atoms. The summed E-state index contributed by atoms with van der Waals surface area (Å²) in [7, 11) is -3.16. The number of benzene rings is 3. The summed E-state index contributed by atoms with van der Waals surface area (Å²) in [5.74, 6) is 0. The summed E-state index contributed by atoms with van der Waals surface area (Å²) in [5, 5.41) is 5.94. The lowest BCUT2D eigenvalue weighted by molar-refractivity contribution is 0.593. The van der Waals surface area contributed by atoms with Crippen molar-refractivity contribution in [2.75, 3.05) is 6.54 Å². The summed E-state index contributed by atoms with van der Waals surface area (Å²) >= 11 is 2.15. The normalized spacial score (nSPS) is 12.0. The second-order valence-electron chi connectivity index (χ2n) is 5.79. The van der Waals surface area contributed by atoms with Gasteiger partial charge in [-0.15, -0.1) is 0 Å². The number of nitrogens with zero attached hydrogens (tertiary/aromatic N) is 3. The smallest absolute Gasteiger partial charge is 0.172 e. The summed E-state index contributed by atoms with van der Waals surface area (Å²) < 4.78 is 15.5. The van der Waals surface area contributed by atoms with Gasteiger partial charge in [-0.3, -0.25) is 0 Å². The van der Waals surface area contributed by atoms with Crippen molar-refractivity contribution >= 4 is 45.7 Å². The van der Waals surface area contributed by atoms with Gasteiger partial charge < -0.3 is 4.57 Å². The highest BCUT2D eigenvalue weighted by Gasteiger charge is 2.34. The van der Waals surface area contributed by atoms with Gasteiger partial charge in [0.1, 0.15) is 0 Å². The molecule has 0 N–H and O–H groups in total. The largest absolute Gasteiger partial charge is 0.309 e. The highest BCUT2D eigenvalue weighted by Crippen LogP contribution is 2.58. The number of halogens is 1. The first-order valence-corrected chi connectivity index (χ1v) is 11.1. The summed E-state index contributed by atoms with van der Waals surface area (Å²) in [5.41, 5.74) is 9.63. The number of rotatable bonds is 6. The third kappa shape index (κ3) is 4.16. The molecule has 0 heterocycles. The molecular weight excluding hydrogens is 468 g/mol. The lowest BCUT2D eigenvalue weighted by Crippen LogP contribution is -2.17. The minimum Gasteiger partial charge on any atom is -0.309 e. The van der Waals surface area contributed by atoms with Gasteiger partial charge in [0.15, 0.2) is 7.14 Å². The Bertz CT molecular complexity index is 987. The second-order valence-corrected chi connectivity index (χ2v) is 9.79. The Hall–Kier alpha value is -2.33. The number of azide groups is 1. The average Bonchev–Trinajstić information content (AvgIpc) is 2.74. The lowest BCUT2D eigenvalue weighted by Gasteiger charge is -2.24. The van der Waals surface area contributed by atoms with Crippen molar-refractivity contribution in [2.24, 2.45) is 5.11 Å². The molecule has 0 aliphatic carbocycles. The first-order valence-electron chi connectivity index (χ1n) is 8.34. The molecule has 0 aliphatic rings. The van der Waals surface area contributed by atoms with Crippen LogP contribution in [0.2, 0.25) is 0 Å². The molecule has 0 atom stereocenters. The Kier molecular flexibility index (Phi) is 6.51.